The van der Waals surface area contributed by atoms with Crippen LogP contribution in [0.15, 0.2) is 29.2 Å². The van der Waals surface area contributed by atoms with Gasteiger partial charge >= 0.3 is 0 Å². The molecule has 3 N–H and O–H groups in total. The van der Waals surface area contributed by atoms with Crippen LogP contribution in [0.3, 0.4) is 0 Å². The minimum Gasteiger partial charge on any atom is -0.350 e. The number of hydrogen-bond donors (Lipinski definition) is 2. The second kappa shape index (κ2) is 6.98. The largest absolute Gasteiger partial charge is 0.350 e. The van der Waals surface area contributed by atoms with E-state index in [-0.39, 0.29) is 17.3 Å². The lowest BCUT2D eigenvalue weighted by molar-refractivity contribution is -0.127. The second-order valence-electron chi connectivity index (χ2n) is 6.29. The highest BCUT2D eigenvalue weighted by Crippen LogP contribution is 2.26. The van der Waals surface area contributed by atoms with E-state index in [0.29, 0.717) is 18.4 Å². The number of carbonyl (C=O) groups is 1. The van der Waals surface area contributed by atoms with Gasteiger partial charge in [0.1, 0.15) is 0 Å². The van der Waals surface area contributed by atoms with E-state index in [0.717, 1.165) is 19.3 Å². The van der Waals surface area contributed by atoms with Gasteiger partial charge in [0, 0.05) is 20.6 Å². The molecule has 0 unspecified atom stereocenters. The van der Waals surface area contributed by atoms with E-state index >= 15 is 0 Å². The maximum absolute atomic E-state index is 12.4. The molecule has 1 amide bonds. The molecule has 2 rings (SSSR count). The number of rotatable bonds is 5. The van der Waals surface area contributed by atoms with Crippen LogP contribution in [-0.2, 0) is 21.4 Å². The number of nitrogens with zero attached hydrogens (tertiary/aromatic N) is 1. The van der Waals surface area contributed by atoms with Crippen LogP contribution in [0.5, 0.6) is 0 Å². The predicted molar refractivity (Wildman–Crippen MR) is 89.2 cm³/mol. The molecule has 0 saturated heterocycles. The SMILES string of the molecule is CN(C)S(=O)(=O)c1ccccc1CNC(=O)C1(N)CCCCC1. The smallest absolute Gasteiger partial charge is 0.242 e. The summed E-state index contributed by atoms with van der Waals surface area (Å²) >= 11 is 0. The normalized spacial score (nSPS) is 17.9. The molecule has 0 aromatic heterocycles. The molecular formula is C16H25N3O3S. The van der Waals surface area contributed by atoms with Gasteiger partial charge in [-0.2, -0.15) is 0 Å². The van der Waals surface area contributed by atoms with Gasteiger partial charge in [0.25, 0.3) is 0 Å². The van der Waals surface area contributed by atoms with Crippen molar-refractivity contribution in [1.82, 2.24) is 9.62 Å². The number of benzene rings is 1. The van der Waals surface area contributed by atoms with Crippen LogP contribution in [0.4, 0.5) is 0 Å². The number of hydrogen-bond acceptors (Lipinski definition) is 4. The van der Waals surface area contributed by atoms with Gasteiger partial charge in [0.15, 0.2) is 0 Å². The van der Waals surface area contributed by atoms with Gasteiger partial charge in [-0.3, -0.25) is 4.79 Å². The fourth-order valence-electron chi connectivity index (χ4n) is 2.86. The molecule has 6 nitrogen and oxygen atoms in total. The lowest BCUT2D eigenvalue weighted by Gasteiger charge is -2.31. The summed E-state index contributed by atoms with van der Waals surface area (Å²) in [5, 5.41) is 2.81. The van der Waals surface area contributed by atoms with E-state index < -0.39 is 15.6 Å². The minimum atomic E-state index is -3.54. The lowest BCUT2D eigenvalue weighted by Crippen LogP contribution is -2.54. The molecule has 0 radical (unpaired) electrons. The van der Waals surface area contributed by atoms with Crippen molar-refractivity contribution in [2.75, 3.05) is 14.1 Å². The van der Waals surface area contributed by atoms with Crippen LogP contribution < -0.4 is 11.1 Å². The quantitative estimate of drug-likeness (QED) is 0.843. The summed E-state index contributed by atoms with van der Waals surface area (Å²) in [6, 6.07) is 6.69. The van der Waals surface area contributed by atoms with Crippen molar-refractivity contribution in [3.8, 4) is 0 Å². The summed E-state index contributed by atoms with van der Waals surface area (Å²) in [5.74, 6) is -0.200. The molecular weight excluding hydrogens is 314 g/mol. The first-order chi connectivity index (χ1) is 10.8. The van der Waals surface area contributed by atoms with Gasteiger partial charge < -0.3 is 11.1 Å². The van der Waals surface area contributed by atoms with Crippen molar-refractivity contribution < 1.29 is 13.2 Å². The first-order valence-corrected chi connectivity index (χ1v) is 9.29. The first-order valence-electron chi connectivity index (χ1n) is 7.85. The molecule has 0 heterocycles. The van der Waals surface area contributed by atoms with Crippen molar-refractivity contribution >= 4 is 15.9 Å². The maximum atomic E-state index is 12.4. The zero-order chi connectivity index (χ0) is 17.1. The minimum absolute atomic E-state index is 0.154. The Morgan fingerprint density at radius 1 is 1.22 bits per heavy atom. The standard InChI is InChI=1S/C16H25N3O3S/c1-19(2)23(21,22)14-9-5-4-8-13(14)12-18-15(20)16(17)10-6-3-7-11-16/h4-5,8-9H,3,6-7,10-12,17H2,1-2H3,(H,18,20). The molecule has 1 saturated carbocycles. The fourth-order valence-corrected chi connectivity index (χ4v) is 3.97. The molecule has 23 heavy (non-hydrogen) atoms. The molecule has 1 aromatic rings. The van der Waals surface area contributed by atoms with E-state index in [1.165, 1.54) is 18.4 Å². The van der Waals surface area contributed by atoms with Gasteiger partial charge in [-0.15, -0.1) is 0 Å². The molecule has 0 atom stereocenters. The third kappa shape index (κ3) is 3.91. The van der Waals surface area contributed by atoms with Crippen LogP contribution in [0.25, 0.3) is 0 Å². The van der Waals surface area contributed by atoms with Crippen molar-refractivity contribution in [3.63, 3.8) is 0 Å². The third-order valence-electron chi connectivity index (χ3n) is 4.37. The number of nitrogens with one attached hydrogen (secondary N) is 1. The number of sulfonamides is 1. The van der Waals surface area contributed by atoms with Crippen molar-refractivity contribution in [2.45, 2.75) is 49.1 Å². The van der Waals surface area contributed by atoms with E-state index in [1.807, 2.05) is 0 Å². The average Bonchev–Trinajstić information content (AvgIpc) is 2.53. The summed E-state index contributed by atoms with van der Waals surface area (Å²) in [7, 11) is -0.569. The van der Waals surface area contributed by atoms with E-state index in [9.17, 15) is 13.2 Å². The first kappa shape index (κ1) is 17.9. The third-order valence-corrected chi connectivity index (χ3v) is 6.28. The highest BCUT2D eigenvalue weighted by molar-refractivity contribution is 7.89. The number of nitrogens with two attached hydrogens (primary N) is 1. The molecule has 1 aliphatic rings. The van der Waals surface area contributed by atoms with Gasteiger partial charge in [-0.1, -0.05) is 37.5 Å². The molecule has 0 aliphatic heterocycles. The highest BCUT2D eigenvalue weighted by Gasteiger charge is 2.35. The van der Waals surface area contributed by atoms with Crippen molar-refractivity contribution in [3.05, 3.63) is 29.8 Å². The Bertz CT molecular complexity index is 665. The van der Waals surface area contributed by atoms with E-state index in [1.54, 1.807) is 24.3 Å². The zero-order valence-electron chi connectivity index (χ0n) is 13.7. The summed E-state index contributed by atoms with van der Waals surface area (Å²) in [4.78, 5) is 12.6. The van der Waals surface area contributed by atoms with Crippen LogP contribution >= 0.6 is 0 Å². The Morgan fingerprint density at radius 3 is 2.43 bits per heavy atom. The summed E-state index contributed by atoms with van der Waals surface area (Å²) in [5.41, 5.74) is 5.94. The van der Waals surface area contributed by atoms with Gasteiger partial charge in [0.05, 0.1) is 10.4 Å². The van der Waals surface area contributed by atoms with Crippen LogP contribution in [-0.4, -0.2) is 38.3 Å². The summed E-state index contributed by atoms with van der Waals surface area (Å²) in [6.45, 7) is 0.154. The van der Waals surface area contributed by atoms with Crippen molar-refractivity contribution in [2.24, 2.45) is 5.73 Å². The predicted octanol–water partition coefficient (Wildman–Crippen LogP) is 1.21. The van der Waals surface area contributed by atoms with Crippen LogP contribution in [0.2, 0.25) is 0 Å². The molecule has 1 aromatic carbocycles. The summed E-state index contributed by atoms with van der Waals surface area (Å²) < 4.78 is 25.9. The Hall–Kier alpha value is -1.44. The molecule has 1 aliphatic carbocycles. The monoisotopic (exact) mass is 339 g/mol. The van der Waals surface area contributed by atoms with E-state index in [2.05, 4.69) is 5.32 Å². The number of amides is 1. The number of carbonyl (C=O) groups excluding carboxylic acids is 1. The Balaban J connectivity index is 2.14. The zero-order valence-corrected chi connectivity index (χ0v) is 14.5. The van der Waals surface area contributed by atoms with Gasteiger partial charge in [-0.05, 0) is 24.5 Å². The molecule has 1 fully saturated rings. The Morgan fingerprint density at radius 2 is 1.83 bits per heavy atom. The highest BCUT2D eigenvalue weighted by atomic mass is 32.2. The van der Waals surface area contributed by atoms with E-state index in [4.69, 9.17) is 5.73 Å². The lowest BCUT2D eigenvalue weighted by atomic mass is 9.82. The molecule has 128 valence electrons. The molecule has 7 heteroatoms. The van der Waals surface area contributed by atoms with Crippen molar-refractivity contribution in [1.29, 1.82) is 0 Å². The average molecular weight is 339 g/mol. The molecule has 0 bridgehead atoms. The Labute approximate surface area is 138 Å². The molecule has 0 spiro atoms. The Kier molecular flexibility index (Phi) is 5.44. The van der Waals surface area contributed by atoms with Gasteiger partial charge in [0.2, 0.25) is 15.9 Å². The van der Waals surface area contributed by atoms with Crippen LogP contribution in [0, 0.1) is 0 Å². The van der Waals surface area contributed by atoms with Gasteiger partial charge in [-0.25, -0.2) is 12.7 Å². The summed E-state index contributed by atoms with van der Waals surface area (Å²) in [6.07, 6.45) is 4.37. The van der Waals surface area contributed by atoms with Crippen LogP contribution in [0.1, 0.15) is 37.7 Å². The second-order valence-corrected chi connectivity index (χ2v) is 8.41. The topological polar surface area (TPSA) is 92.5 Å². The fraction of sp³-hybridized carbons (Fsp3) is 0.562. The maximum Gasteiger partial charge on any atom is 0.242 e.